The zero-order valence-electron chi connectivity index (χ0n) is 21.4. The summed E-state index contributed by atoms with van der Waals surface area (Å²) in [7, 11) is 1.46. The topological polar surface area (TPSA) is 109 Å². The number of aliphatic hydroxyl groups is 1. The van der Waals surface area contributed by atoms with Gasteiger partial charge in [0, 0.05) is 34.8 Å². The number of ether oxygens (including phenoxy) is 1. The van der Waals surface area contributed by atoms with Crippen molar-refractivity contribution in [1.29, 1.82) is 0 Å². The maximum Gasteiger partial charge on any atom is 0.294 e. The van der Waals surface area contributed by atoms with Crippen molar-refractivity contribution in [2.45, 2.75) is 26.3 Å². The molecule has 4 aromatic rings. The van der Waals surface area contributed by atoms with Crippen molar-refractivity contribution in [2.24, 2.45) is 0 Å². The van der Waals surface area contributed by atoms with E-state index in [4.69, 9.17) is 20.8 Å². The number of ketones is 1. The SMILES string of the molecule is CCc1ccc(C2C(C(=O)c3cc4cc(Cl)cc(OC)c4o3)=C(O)C(=O)N2c2cccc(NC(C)=O)c2)cc1. The van der Waals surface area contributed by atoms with Crippen LogP contribution in [0.1, 0.15) is 41.6 Å². The molecule has 0 radical (unpaired) electrons. The second-order valence-electron chi connectivity index (χ2n) is 9.13. The molecule has 1 aromatic heterocycles. The van der Waals surface area contributed by atoms with Crippen LogP contribution in [0, 0.1) is 0 Å². The van der Waals surface area contributed by atoms with Gasteiger partial charge in [-0.15, -0.1) is 0 Å². The molecule has 1 atom stereocenters. The number of carbonyl (C=O) groups excluding carboxylic acids is 3. The first-order chi connectivity index (χ1) is 18.7. The highest BCUT2D eigenvalue weighted by atomic mass is 35.5. The summed E-state index contributed by atoms with van der Waals surface area (Å²) >= 11 is 6.19. The summed E-state index contributed by atoms with van der Waals surface area (Å²) in [6.45, 7) is 3.40. The Labute approximate surface area is 229 Å². The van der Waals surface area contributed by atoms with Gasteiger partial charge in [-0.05, 0) is 47.9 Å². The van der Waals surface area contributed by atoms with E-state index in [2.05, 4.69) is 5.32 Å². The van der Waals surface area contributed by atoms with E-state index in [1.54, 1.807) is 36.4 Å². The van der Waals surface area contributed by atoms with E-state index in [-0.39, 0.29) is 17.2 Å². The summed E-state index contributed by atoms with van der Waals surface area (Å²) in [6, 6.07) is 17.9. The first kappa shape index (κ1) is 26.1. The third kappa shape index (κ3) is 4.75. The minimum atomic E-state index is -0.956. The molecule has 1 aliphatic rings. The van der Waals surface area contributed by atoms with Gasteiger partial charge in [-0.3, -0.25) is 19.3 Å². The Balaban J connectivity index is 1.65. The number of nitrogens with zero attached hydrogens (tertiary/aromatic N) is 1. The van der Waals surface area contributed by atoms with Crippen molar-refractivity contribution in [2.75, 3.05) is 17.3 Å². The summed E-state index contributed by atoms with van der Waals surface area (Å²) in [5.41, 5.74) is 2.74. The van der Waals surface area contributed by atoms with Gasteiger partial charge in [0.05, 0.1) is 18.7 Å². The normalized spacial score (nSPS) is 15.2. The van der Waals surface area contributed by atoms with Gasteiger partial charge in [0.25, 0.3) is 5.91 Å². The predicted molar refractivity (Wildman–Crippen MR) is 149 cm³/mol. The van der Waals surface area contributed by atoms with Gasteiger partial charge in [0.15, 0.2) is 22.9 Å². The average Bonchev–Trinajstić information content (AvgIpc) is 3.46. The third-order valence-corrected chi connectivity index (χ3v) is 6.81. The van der Waals surface area contributed by atoms with Crippen LogP contribution < -0.4 is 15.0 Å². The van der Waals surface area contributed by atoms with Crippen molar-refractivity contribution in [3.8, 4) is 5.75 Å². The van der Waals surface area contributed by atoms with Crippen molar-refractivity contribution in [1.82, 2.24) is 0 Å². The maximum atomic E-state index is 13.9. The Hall–Kier alpha value is -4.56. The van der Waals surface area contributed by atoms with Gasteiger partial charge in [0.1, 0.15) is 0 Å². The monoisotopic (exact) mass is 544 g/mol. The molecule has 1 aliphatic heterocycles. The molecule has 5 rings (SSSR count). The lowest BCUT2D eigenvalue weighted by molar-refractivity contribution is -0.117. The van der Waals surface area contributed by atoms with Gasteiger partial charge < -0.3 is 19.6 Å². The Kier molecular flexibility index (Phi) is 6.89. The van der Waals surface area contributed by atoms with Crippen LogP contribution in [0.4, 0.5) is 11.4 Å². The molecule has 3 aromatic carbocycles. The number of carbonyl (C=O) groups is 3. The number of nitrogens with one attached hydrogen (secondary N) is 1. The van der Waals surface area contributed by atoms with Crippen LogP contribution in [-0.4, -0.2) is 29.8 Å². The number of aliphatic hydroxyl groups excluding tert-OH is 1. The fraction of sp³-hybridized carbons (Fsp3) is 0.167. The molecule has 2 N–H and O–H groups in total. The molecule has 0 bridgehead atoms. The number of methoxy groups -OCH3 is 1. The van der Waals surface area contributed by atoms with Crippen LogP contribution in [0.15, 0.2) is 82.5 Å². The molecule has 9 heteroatoms. The summed E-state index contributed by atoms with van der Waals surface area (Å²) in [4.78, 5) is 40.4. The number of rotatable bonds is 7. The number of Topliss-reactive ketones (excluding diaryl/α,β-unsaturated/α-hetero) is 1. The molecular formula is C30H25ClN2O6. The van der Waals surface area contributed by atoms with Crippen molar-refractivity contribution >= 4 is 51.5 Å². The molecule has 0 fully saturated rings. The molecule has 39 heavy (non-hydrogen) atoms. The summed E-state index contributed by atoms with van der Waals surface area (Å²) < 4.78 is 11.2. The first-order valence-corrected chi connectivity index (χ1v) is 12.6. The van der Waals surface area contributed by atoms with Gasteiger partial charge in [0.2, 0.25) is 11.7 Å². The summed E-state index contributed by atoms with van der Waals surface area (Å²) in [6.07, 6.45) is 0.808. The average molecular weight is 545 g/mol. The molecule has 198 valence electrons. The van der Waals surface area contributed by atoms with Crippen LogP contribution in [0.3, 0.4) is 0 Å². The smallest absolute Gasteiger partial charge is 0.294 e. The summed E-state index contributed by atoms with van der Waals surface area (Å²) in [5, 5.41) is 14.7. The van der Waals surface area contributed by atoms with E-state index in [0.717, 1.165) is 12.0 Å². The number of amides is 2. The van der Waals surface area contributed by atoms with Crippen molar-refractivity contribution in [3.05, 3.63) is 100.0 Å². The fourth-order valence-electron chi connectivity index (χ4n) is 4.77. The third-order valence-electron chi connectivity index (χ3n) is 6.59. The van der Waals surface area contributed by atoms with E-state index in [1.165, 1.54) is 25.0 Å². The number of hydrogen-bond donors (Lipinski definition) is 2. The van der Waals surface area contributed by atoms with E-state index in [1.807, 2.05) is 31.2 Å². The minimum absolute atomic E-state index is 0.0797. The largest absolute Gasteiger partial charge is 0.503 e. The lowest BCUT2D eigenvalue weighted by Gasteiger charge is -2.27. The van der Waals surface area contributed by atoms with Crippen LogP contribution >= 0.6 is 11.6 Å². The molecule has 2 amide bonds. The zero-order valence-corrected chi connectivity index (χ0v) is 22.2. The highest BCUT2D eigenvalue weighted by Gasteiger charge is 2.45. The molecule has 2 heterocycles. The highest BCUT2D eigenvalue weighted by molar-refractivity contribution is 6.31. The first-order valence-electron chi connectivity index (χ1n) is 12.3. The molecule has 8 nitrogen and oxygen atoms in total. The Morgan fingerprint density at radius 2 is 1.85 bits per heavy atom. The van der Waals surface area contributed by atoms with Crippen LogP contribution in [-0.2, 0) is 16.0 Å². The second-order valence-corrected chi connectivity index (χ2v) is 9.57. The zero-order chi connectivity index (χ0) is 27.8. The Bertz CT molecular complexity index is 1650. The highest BCUT2D eigenvalue weighted by Crippen LogP contribution is 2.43. The van der Waals surface area contributed by atoms with Crippen LogP contribution in [0.5, 0.6) is 5.75 Å². The molecule has 1 unspecified atom stereocenters. The molecular weight excluding hydrogens is 520 g/mol. The van der Waals surface area contributed by atoms with E-state index >= 15 is 0 Å². The number of aryl methyl sites for hydroxylation is 1. The number of furan rings is 1. The van der Waals surface area contributed by atoms with Crippen molar-refractivity contribution in [3.63, 3.8) is 0 Å². The maximum absolute atomic E-state index is 13.9. The lowest BCUT2D eigenvalue weighted by atomic mass is 9.94. The number of benzene rings is 3. The second kappa shape index (κ2) is 10.3. The van der Waals surface area contributed by atoms with E-state index in [0.29, 0.717) is 38.7 Å². The molecule has 0 spiro atoms. The predicted octanol–water partition coefficient (Wildman–Crippen LogP) is 6.40. The Morgan fingerprint density at radius 1 is 1.10 bits per heavy atom. The van der Waals surface area contributed by atoms with E-state index < -0.39 is 23.5 Å². The van der Waals surface area contributed by atoms with Gasteiger partial charge >= 0.3 is 0 Å². The standard InChI is InChI=1S/C30H25ClN2O6/c1-4-17-8-10-18(11-9-17)26-25(27(35)23-13-19-12-20(31)14-24(38-3)29(19)39-23)28(36)30(37)33(26)22-7-5-6-21(15-22)32-16(2)34/h5-15,26,36H,4H2,1-3H3,(H,32,34). The summed E-state index contributed by atoms with van der Waals surface area (Å²) in [5.74, 6) is -2.09. The molecule has 0 aliphatic carbocycles. The van der Waals surface area contributed by atoms with Crippen molar-refractivity contribution < 1.29 is 28.6 Å². The van der Waals surface area contributed by atoms with Crippen LogP contribution in [0.2, 0.25) is 5.02 Å². The number of halogens is 1. The minimum Gasteiger partial charge on any atom is -0.503 e. The van der Waals surface area contributed by atoms with Gasteiger partial charge in [-0.1, -0.05) is 48.9 Å². The quantitative estimate of drug-likeness (QED) is 0.261. The Morgan fingerprint density at radius 3 is 2.51 bits per heavy atom. The number of fused-ring (bicyclic) bond motifs is 1. The van der Waals surface area contributed by atoms with Crippen LogP contribution in [0.25, 0.3) is 11.0 Å². The molecule has 0 saturated heterocycles. The van der Waals surface area contributed by atoms with Gasteiger partial charge in [-0.25, -0.2) is 0 Å². The lowest BCUT2D eigenvalue weighted by Crippen LogP contribution is -2.31. The number of hydrogen-bond acceptors (Lipinski definition) is 6. The molecule has 0 saturated carbocycles. The number of anilines is 2. The van der Waals surface area contributed by atoms with E-state index in [9.17, 15) is 19.5 Å². The fourth-order valence-corrected chi connectivity index (χ4v) is 4.99. The van der Waals surface area contributed by atoms with Gasteiger partial charge in [-0.2, -0.15) is 0 Å².